The van der Waals surface area contributed by atoms with Crippen LogP contribution in [0.15, 0.2) is 0 Å². The second-order valence-corrected chi connectivity index (χ2v) is 4.97. The number of nitrogens with zero attached hydrogens (tertiary/aromatic N) is 1. The van der Waals surface area contributed by atoms with Gasteiger partial charge in [-0.1, -0.05) is 0 Å². The van der Waals surface area contributed by atoms with E-state index in [-0.39, 0.29) is 12.3 Å². The third kappa shape index (κ3) is 3.16. The number of likely N-dealkylation sites (tertiary alicyclic amines) is 1. The van der Waals surface area contributed by atoms with Gasteiger partial charge in [-0.25, -0.2) is 4.39 Å². The number of hydrogen-bond acceptors (Lipinski definition) is 2. The van der Waals surface area contributed by atoms with E-state index in [4.69, 9.17) is 0 Å². The lowest BCUT2D eigenvalue weighted by atomic mass is 9.90. The molecule has 2 fully saturated rings. The summed E-state index contributed by atoms with van der Waals surface area (Å²) in [6.07, 6.45) is 3.15. The van der Waals surface area contributed by atoms with Crippen LogP contribution in [0.1, 0.15) is 32.1 Å². The lowest BCUT2D eigenvalue weighted by Crippen LogP contribution is -2.43. The summed E-state index contributed by atoms with van der Waals surface area (Å²) in [4.78, 5) is 13.6. The van der Waals surface area contributed by atoms with Crippen LogP contribution in [0.25, 0.3) is 0 Å². The fourth-order valence-electron chi connectivity index (χ4n) is 1.99. The molecule has 86 valence electrons. The topological polar surface area (TPSA) is 32.3 Å². The van der Waals surface area contributed by atoms with Crippen molar-refractivity contribution in [1.29, 1.82) is 0 Å². The fourth-order valence-corrected chi connectivity index (χ4v) is 1.99. The van der Waals surface area contributed by atoms with Gasteiger partial charge in [0.2, 0.25) is 5.91 Å². The van der Waals surface area contributed by atoms with Gasteiger partial charge in [0.25, 0.3) is 0 Å². The molecule has 1 heterocycles. The van der Waals surface area contributed by atoms with Crippen LogP contribution in [-0.2, 0) is 4.79 Å². The van der Waals surface area contributed by atoms with Crippen molar-refractivity contribution in [1.82, 2.24) is 10.2 Å². The number of alkyl halides is 1. The van der Waals surface area contributed by atoms with E-state index in [2.05, 4.69) is 10.2 Å². The Balaban J connectivity index is 1.78. The minimum Gasteiger partial charge on any atom is -0.353 e. The molecule has 4 heteroatoms. The van der Waals surface area contributed by atoms with Crippen molar-refractivity contribution in [3.05, 3.63) is 0 Å². The molecule has 0 radical (unpaired) electrons. The molecule has 2 rings (SSSR count). The maximum absolute atomic E-state index is 14.2. The number of halogens is 1. The number of nitrogens with one attached hydrogen (secondary N) is 1. The zero-order valence-corrected chi connectivity index (χ0v) is 9.26. The SMILES string of the molecule is CN1CCC(F)(CC(=O)NC2CC2)CC1. The summed E-state index contributed by atoms with van der Waals surface area (Å²) in [5.41, 5.74) is -1.26. The van der Waals surface area contributed by atoms with Crippen LogP contribution in [0.4, 0.5) is 4.39 Å². The Labute approximate surface area is 90.0 Å². The van der Waals surface area contributed by atoms with Crippen LogP contribution in [0.3, 0.4) is 0 Å². The molecule has 0 unspecified atom stereocenters. The summed E-state index contributed by atoms with van der Waals surface area (Å²) in [6, 6.07) is 0.340. The van der Waals surface area contributed by atoms with E-state index >= 15 is 0 Å². The highest BCUT2D eigenvalue weighted by molar-refractivity contribution is 5.77. The van der Waals surface area contributed by atoms with Gasteiger partial charge in [0.15, 0.2) is 0 Å². The second-order valence-electron chi connectivity index (χ2n) is 4.97. The van der Waals surface area contributed by atoms with Crippen molar-refractivity contribution >= 4 is 5.91 Å². The van der Waals surface area contributed by atoms with Gasteiger partial charge >= 0.3 is 0 Å². The maximum Gasteiger partial charge on any atom is 0.223 e. The monoisotopic (exact) mass is 214 g/mol. The minimum absolute atomic E-state index is 0.0529. The van der Waals surface area contributed by atoms with Crippen molar-refractivity contribution < 1.29 is 9.18 Å². The smallest absolute Gasteiger partial charge is 0.223 e. The van der Waals surface area contributed by atoms with Crippen molar-refractivity contribution in [3.8, 4) is 0 Å². The van der Waals surface area contributed by atoms with Crippen molar-refractivity contribution in [2.75, 3.05) is 20.1 Å². The van der Waals surface area contributed by atoms with E-state index in [1.165, 1.54) is 0 Å². The largest absolute Gasteiger partial charge is 0.353 e. The Morgan fingerprint density at radius 2 is 2.07 bits per heavy atom. The molecule has 1 amide bonds. The highest BCUT2D eigenvalue weighted by Gasteiger charge is 2.36. The van der Waals surface area contributed by atoms with Gasteiger partial charge < -0.3 is 10.2 Å². The van der Waals surface area contributed by atoms with Crippen molar-refractivity contribution in [3.63, 3.8) is 0 Å². The minimum atomic E-state index is -1.26. The molecule has 0 bridgehead atoms. The predicted molar refractivity (Wildman–Crippen MR) is 56.4 cm³/mol. The molecular formula is C11H19FN2O. The molecule has 0 aromatic rings. The van der Waals surface area contributed by atoms with Crippen LogP contribution in [0, 0.1) is 0 Å². The Morgan fingerprint density at radius 3 is 2.60 bits per heavy atom. The zero-order valence-electron chi connectivity index (χ0n) is 9.26. The fraction of sp³-hybridized carbons (Fsp3) is 0.909. The molecule has 1 N–H and O–H groups in total. The van der Waals surface area contributed by atoms with Crippen LogP contribution in [0.5, 0.6) is 0 Å². The first kappa shape index (κ1) is 10.9. The summed E-state index contributed by atoms with van der Waals surface area (Å²) in [5, 5.41) is 2.85. The van der Waals surface area contributed by atoms with Gasteiger partial charge in [-0.3, -0.25) is 4.79 Å². The maximum atomic E-state index is 14.2. The molecule has 1 saturated carbocycles. The summed E-state index contributed by atoms with van der Waals surface area (Å²) >= 11 is 0. The number of hydrogen-bond donors (Lipinski definition) is 1. The first-order valence-corrected chi connectivity index (χ1v) is 5.74. The molecule has 0 aromatic heterocycles. The molecule has 3 nitrogen and oxygen atoms in total. The normalized spacial score (nSPS) is 26.3. The Hall–Kier alpha value is -0.640. The molecule has 0 atom stereocenters. The molecule has 1 aliphatic carbocycles. The molecule has 15 heavy (non-hydrogen) atoms. The van der Waals surface area contributed by atoms with Gasteiger partial charge in [0.1, 0.15) is 5.67 Å². The van der Waals surface area contributed by atoms with Crippen LogP contribution < -0.4 is 5.32 Å². The second kappa shape index (κ2) is 4.08. The lowest BCUT2D eigenvalue weighted by Gasteiger charge is -2.33. The lowest BCUT2D eigenvalue weighted by molar-refractivity contribution is -0.125. The van der Waals surface area contributed by atoms with Gasteiger partial charge in [-0.15, -0.1) is 0 Å². The van der Waals surface area contributed by atoms with Crippen LogP contribution >= 0.6 is 0 Å². The van der Waals surface area contributed by atoms with E-state index in [0.717, 1.165) is 25.9 Å². The molecule has 1 aliphatic heterocycles. The van der Waals surface area contributed by atoms with Crippen LogP contribution in [0.2, 0.25) is 0 Å². The molecule has 2 aliphatic rings. The van der Waals surface area contributed by atoms with E-state index in [9.17, 15) is 9.18 Å². The Kier molecular flexibility index (Phi) is 2.96. The predicted octanol–water partition coefficient (Wildman–Crippen LogP) is 1.09. The molecule has 0 aromatic carbocycles. The third-order valence-corrected chi connectivity index (χ3v) is 3.30. The van der Waals surface area contributed by atoms with E-state index < -0.39 is 5.67 Å². The number of rotatable bonds is 3. The van der Waals surface area contributed by atoms with Gasteiger partial charge in [-0.2, -0.15) is 0 Å². The van der Waals surface area contributed by atoms with E-state index in [1.54, 1.807) is 0 Å². The van der Waals surface area contributed by atoms with E-state index in [1.807, 2.05) is 7.05 Å². The quantitative estimate of drug-likeness (QED) is 0.762. The molecule has 0 spiro atoms. The number of carbonyl (C=O) groups is 1. The summed E-state index contributed by atoms with van der Waals surface area (Å²) in [6.45, 7) is 1.51. The highest BCUT2D eigenvalue weighted by Crippen LogP contribution is 2.30. The summed E-state index contributed by atoms with van der Waals surface area (Å²) < 4.78 is 14.2. The Morgan fingerprint density at radius 1 is 1.47 bits per heavy atom. The number of piperidine rings is 1. The molecular weight excluding hydrogens is 195 g/mol. The Bertz CT molecular complexity index is 245. The van der Waals surface area contributed by atoms with Crippen molar-refractivity contribution in [2.45, 2.75) is 43.8 Å². The summed E-state index contributed by atoms with van der Waals surface area (Å²) in [7, 11) is 1.99. The standard InChI is InChI=1S/C11H19FN2O/c1-14-6-4-11(12,5-7-14)8-10(15)13-9-2-3-9/h9H,2-8H2,1H3,(H,13,15). The first-order chi connectivity index (χ1) is 7.07. The average molecular weight is 214 g/mol. The van der Waals surface area contributed by atoms with Gasteiger partial charge in [0.05, 0.1) is 6.42 Å². The van der Waals surface area contributed by atoms with Gasteiger partial charge in [0, 0.05) is 19.1 Å². The number of amides is 1. The average Bonchev–Trinajstić information content (AvgIpc) is 2.94. The summed E-state index contributed by atoms with van der Waals surface area (Å²) in [5.74, 6) is -0.107. The van der Waals surface area contributed by atoms with Crippen LogP contribution in [-0.4, -0.2) is 42.7 Å². The number of carbonyl (C=O) groups excluding carboxylic acids is 1. The highest BCUT2D eigenvalue weighted by atomic mass is 19.1. The third-order valence-electron chi connectivity index (χ3n) is 3.30. The first-order valence-electron chi connectivity index (χ1n) is 5.74. The zero-order chi connectivity index (χ0) is 10.9. The van der Waals surface area contributed by atoms with Gasteiger partial charge in [-0.05, 0) is 32.7 Å². The molecule has 1 saturated heterocycles. The van der Waals surface area contributed by atoms with E-state index in [0.29, 0.717) is 18.9 Å². The van der Waals surface area contributed by atoms with Crippen molar-refractivity contribution in [2.24, 2.45) is 0 Å².